The summed E-state index contributed by atoms with van der Waals surface area (Å²) in [4.78, 5) is 35.1. The number of phosphoric ester groups is 1. The van der Waals surface area contributed by atoms with Crippen LogP contribution in [0.25, 0.3) is 0 Å². The van der Waals surface area contributed by atoms with Crippen LogP contribution in [0.1, 0.15) is 162 Å². The molecule has 1 aliphatic rings. The van der Waals surface area contributed by atoms with Crippen LogP contribution in [0, 0.1) is 5.92 Å². The van der Waals surface area contributed by atoms with E-state index in [1.165, 1.54) is 38.5 Å². The second-order valence-corrected chi connectivity index (χ2v) is 16.9. The van der Waals surface area contributed by atoms with Crippen molar-refractivity contribution >= 4 is 19.8 Å². The number of hydrogen-bond donors (Lipinski definition) is 5. The highest BCUT2D eigenvalue weighted by Gasteiger charge is 2.35. The number of esters is 2. The highest BCUT2D eigenvalue weighted by Crippen LogP contribution is 2.43. The Hall–Kier alpha value is -2.19. The van der Waals surface area contributed by atoms with E-state index in [9.17, 15) is 34.4 Å². The van der Waals surface area contributed by atoms with Gasteiger partial charge in [0.05, 0.1) is 31.5 Å². The van der Waals surface area contributed by atoms with Crippen molar-refractivity contribution in [3.05, 3.63) is 48.6 Å². The smallest absolute Gasteiger partial charge is 0.462 e. The van der Waals surface area contributed by atoms with Crippen LogP contribution in [-0.4, -0.2) is 89.2 Å². The summed E-state index contributed by atoms with van der Waals surface area (Å²) in [5.74, 6) is -1.34. The number of aliphatic hydroxyl groups excluding tert-OH is 3. The molecule has 0 saturated carbocycles. The number of allylic oxidation sites excluding steroid dienone is 6. The molecule has 1 rings (SSSR count). The van der Waals surface area contributed by atoms with Crippen molar-refractivity contribution in [2.45, 2.75) is 192 Å². The van der Waals surface area contributed by atoms with E-state index in [2.05, 4.69) is 38.2 Å². The third-order valence-electron chi connectivity index (χ3n) is 9.98. The van der Waals surface area contributed by atoms with Gasteiger partial charge in [0.2, 0.25) is 0 Å². The molecule has 0 aromatic rings. The van der Waals surface area contributed by atoms with Gasteiger partial charge in [-0.05, 0) is 64.2 Å². The molecule has 342 valence electrons. The summed E-state index contributed by atoms with van der Waals surface area (Å²) in [5, 5.41) is 30.9. The molecule has 0 spiro atoms. The Labute approximate surface area is 355 Å². The molecular formula is C45H80NO12P. The van der Waals surface area contributed by atoms with Gasteiger partial charge < -0.3 is 40.2 Å². The molecule has 1 saturated heterocycles. The first kappa shape index (κ1) is 54.8. The Morgan fingerprint density at radius 2 is 1.39 bits per heavy atom. The third kappa shape index (κ3) is 31.3. The molecule has 0 aromatic heterocycles. The second kappa shape index (κ2) is 36.5. The normalized spacial score (nSPS) is 20.8. The van der Waals surface area contributed by atoms with Crippen molar-refractivity contribution in [1.82, 2.24) is 0 Å². The third-order valence-corrected chi connectivity index (χ3v) is 11.0. The molecule has 6 N–H and O–H groups in total. The van der Waals surface area contributed by atoms with Crippen LogP contribution in [0.2, 0.25) is 0 Å². The van der Waals surface area contributed by atoms with Crippen LogP contribution < -0.4 is 5.73 Å². The summed E-state index contributed by atoms with van der Waals surface area (Å²) in [6.07, 6.45) is 31.8. The van der Waals surface area contributed by atoms with Gasteiger partial charge in [0.1, 0.15) is 6.61 Å². The van der Waals surface area contributed by atoms with E-state index in [4.69, 9.17) is 29.0 Å². The number of hydrogen-bond acceptors (Lipinski definition) is 12. The molecule has 1 fully saturated rings. The summed E-state index contributed by atoms with van der Waals surface area (Å²) in [7, 11) is -4.45. The van der Waals surface area contributed by atoms with Crippen molar-refractivity contribution < 1.29 is 57.6 Å². The molecule has 0 aliphatic carbocycles. The summed E-state index contributed by atoms with van der Waals surface area (Å²) in [6, 6.07) is 0. The summed E-state index contributed by atoms with van der Waals surface area (Å²) >= 11 is 0. The maximum atomic E-state index is 12.6. The highest BCUT2D eigenvalue weighted by atomic mass is 31.2. The summed E-state index contributed by atoms with van der Waals surface area (Å²) < 4.78 is 38.4. The lowest BCUT2D eigenvalue weighted by Gasteiger charge is -2.36. The number of aliphatic hydroxyl groups is 3. The minimum atomic E-state index is -4.45. The molecular weight excluding hydrogens is 777 g/mol. The van der Waals surface area contributed by atoms with Gasteiger partial charge in [-0.25, -0.2) is 4.57 Å². The van der Waals surface area contributed by atoms with Gasteiger partial charge in [0.15, 0.2) is 12.4 Å². The molecule has 1 aliphatic heterocycles. The fraction of sp³-hybridized carbons (Fsp3) is 0.778. The summed E-state index contributed by atoms with van der Waals surface area (Å²) in [5.41, 5.74) is 5.35. The standard InChI is InChI=1S/C45H80NO12P/c1-3-5-7-8-9-10-11-12-13-14-15-16-17-18-19-20-26-30-44(50)57-39(37-56-59(52,53)55-34-33-46)36-54-43(49)29-25-22-21-24-28-40-41(48)35-45(51)58-42(40)32-31-38(47)27-23-6-4-2/h9-10,12-13,21,24,31-32,38-42,45,47-48,51H,3-8,11,14-20,22-23,25-30,33-37,46H2,1-2H3,(H,52,53)/b10-9-,13-12-,24-21-,32-31+/t38-,39+,40-,41-,42+,45?/m0/s1. The van der Waals surface area contributed by atoms with Crippen molar-refractivity contribution in [3.8, 4) is 0 Å². The predicted octanol–water partition coefficient (Wildman–Crippen LogP) is 8.83. The number of carbonyl (C=O) groups is 2. The van der Waals surface area contributed by atoms with E-state index in [1.807, 2.05) is 12.2 Å². The fourth-order valence-electron chi connectivity index (χ4n) is 6.53. The second-order valence-electron chi connectivity index (χ2n) is 15.4. The quantitative estimate of drug-likeness (QED) is 0.0172. The SMILES string of the molecule is CCCCC/C=C\C/C=C\CCCCCCCCCC(=O)O[C@H](COC(=O)CCC/C=C\C[C@H]1[C@@H](O)CC(O)O[C@@H]1/C=C/[C@@H](O)CCCCC)COP(=O)(O)OCCN. The summed E-state index contributed by atoms with van der Waals surface area (Å²) in [6.45, 7) is 3.27. The first-order chi connectivity index (χ1) is 28.5. The monoisotopic (exact) mass is 858 g/mol. The minimum absolute atomic E-state index is 0.0110. The molecule has 0 amide bonds. The first-order valence-electron chi connectivity index (χ1n) is 22.5. The largest absolute Gasteiger partial charge is 0.472 e. The number of phosphoric acid groups is 1. The Morgan fingerprint density at radius 3 is 2.08 bits per heavy atom. The lowest BCUT2D eigenvalue weighted by molar-refractivity contribution is -0.199. The van der Waals surface area contributed by atoms with Crippen LogP contribution in [-0.2, 0) is 37.4 Å². The van der Waals surface area contributed by atoms with Crippen LogP contribution in [0.15, 0.2) is 48.6 Å². The van der Waals surface area contributed by atoms with Gasteiger partial charge in [-0.15, -0.1) is 0 Å². The van der Waals surface area contributed by atoms with E-state index in [0.29, 0.717) is 32.1 Å². The van der Waals surface area contributed by atoms with Gasteiger partial charge in [-0.2, -0.15) is 0 Å². The zero-order valence-corrected chi connectivity index (χ0v) is 37.1. The molecule has 14 heteroatoms. The molecule has 2 unspecified atom stereocenters. The Balaban J connectivity index is 2.42. The zero-order valence-electron chi connectivity index (χ0n) is 36.3. The molecule has 1 heterocycles. The van der Waals surface area contributed by atoms with Crippen molar-refractivity contribution in [3.63, 3.8) is 0 Å². The molecule has 0 aromatic carbocycles. The van der Waals surface area contributed by atoms with Crippen LogP contribution in [0.5, 0.6) is 0 Å². The van der Waals surface area contributed by atoms with Gasteiger partial charge in [-0.3, -0.25) is 18.6 Å². The Morgan fingerprint density at radius 1 is 0.780 bits per heavy atom. The molecule has 59 heavy (non-hydrogen) atoms. The Kier molecular flexibility index (Phi) is 33.9. The number of ether oxygens (including phenoxy) is 3. The van der Waals surface area contributed by atoms with Crippen LogP contribution in [0.3, 0.4) is 0 Å². The van der Waals surface area contributed by atoms with Crippen molar-refractivity contribution in [2.75, 3.05) is 26.4 Å². The van der Waals surface area contributed by atoms with E-state index >= 15 is 0 Å². The molecule has 13 nitrogen and oxygen atoms in total. The van der Waals surface area contributed by atoms with Crippen LogP contribution in [0.4, 0.5) is 0 Å². The number of nitrogens with two attached hydrogens (primary N) is 1. The van der Waals surface area contributed by atoms with Gasteiger partial charge in [-0.1, -0.05) is 127 Å². The van der Waals surface area contributed by atoms with Crippen molar-refractivity contribution in [2.24, 2.45) is 11.7 Å². The zero-order chi connectivity index (χ0) is 43.4. The maximum Gasteiger partial charge on any atom is 0.472 e. The minimum Gasteiger partial charge on any atom is -0.462 e. The van der Waals surface area contributed by atoms with Gasteiger partial charge in [0, 0.05) is 31.7 Å². The average molecular weight is 858 g/mol. The number of rotatable bonds is 37. The predicted molar refractivity (Wildman–Crippen MR) is 232 cm³/mol. The molecule has 0 radical (unpaired) electrons. The first-order valence-corrected chi connectivity index (χ1v) is 24.0. The topological polar surface area (TPSA) is 204 Å². The average Bonchev–Trinajstić information content (AvgIpc) is 3.20. The van der Waals surface area contributed by atoms with E-state index in [1.54, 1.807) is 12.2 Å². The van der Waals surface area contributed by atoms with E-state index in [0.717, 1.165) is 57.8 Å². The molecule has 0 bridgehead atoms. The lowest BCUT2D eigenvalue weighted by atomic mass is 9.87. The van der Waals surface area contributed by atoms with E-state index < -0.39 is 57.1 Å². The maximum absolute atomic E-state index is 12.6. The van der Waals surface area contributed by atoms with Gasteiger partial charge in [0.25, 0.3) is 0 Å². The molecule has 7 atom stereocenters. The number of carbonyl (C=O) groups excluding carboxylic acids is 2. The van der Waals surface area contributed by atoms with Gasteiger partial charge >= 0.3 is 19.8 Å². The lowest BCUT2D eigenvalue weighted by Crippen LogP contribution is -2.43. The number of unbranched alkanes of at least 4 members (excludes halogenated alkanes) is 13. The fourth-order valence-corrected chi connectivity index (χ4v) is 7.29. The highest BCUT2D eigenvalue weighted by molar-refractivity contribution is 7.47. The Bertz CT molecular complexity index is 1230. The van der Waals surface area contributed by atoms with Crippen LogP contribution >= 0.6 is 7.82 Å². The van der Waals surface area contributed by atoms with Crippen molar-refractivity contribution in [1.29, 1.82) is 0 Å². The van der Waals surface area contributed by atoms with E-state index in [-0.39, 0.29) is 44.9 Å².